The largest absolute Gasteiger partial charge is 0.496 e. The van der Waals surface area contributed by atoms with Crippen molar-refractivity contribution in [2.45, 2.75) is 25.7 Å². The van der Waals surface area contributed by atoms with E-state index in [-0.39, 0.29) is 0 Å². The molecule has 1 aromatic carbocycles. The Morgan fingerprint density at radius 2 is 1.96 bits per heavy atom. The Balaban J connectivity index is 2.07. The summed E-state index contributed by atoms with van der Waals surface area (Å²) in [6.45, 7) is 3.92. The van der Waals surface area contributed by atoms with Crippen molar-refractivity contribution in [2.24, 2.45) is 0 Å². The number of aromatic nitrogens is 1. The molecule has 134 valence electrons. The monoisotopic (exact) mass is 350 g/mol. The molecule has 1 saturated heterocycles. The molecule has 2 aromatic rings. The maximum Gasteiger partial charge on any atom is 0.142 e. The number of rotatable bonds is 3. The highest BCUT2D eigenvalue weighted by Crippen LogP contribution is 2.51. The summed E-state index contributed by atoms with van der Waals surface area (Å²) in [5, 5.41) is 9.81. The normalized spacial score (nSPS) is 15.5. The molecule has 4 heterocycles. The minimum Gasteiger partial charge on any atom is -0.496 e. The molecule has 0 radical (unpaired) electrons. The van der Waals surface area contributed by atoms with Gasteiger partial charge in [0.25, 0.3) is 0 Å². The van der Waals surface area contributed by atoms with Crippen molar-refractivity contribution in [1.82, 2.24) is 4.98 Å². The van der Waals surface area contributed by atoms with Crippen LogP contribution in [0.3, 0.4) is 0 Å². The molecule has 1 fully saturated rings. The van der Waals surface area contributed by atoms with Gasteiger partial charge >= 0.3 is 0 Å². The minimum atomic E-state index is 0.297. The third kappa shape index (κ3) is 2.20. The van der Waals surface area contributed by atoms with Crippen LogP contribution in [-0.4, -0.2) is 32.3 Å². The number of nitrogens with zero attached hydrogens (tertiary/aromatic N) is 3. The summed E-state index contributed by atoms with van der Waals surface area (Å²) in [6, 6.07) is 6.13. The molecule has 2 bridgehead atoms. The van der Waals surface area contributed by atoms with Crippen molar-refractivity contribution in [3.63, 3.8) is 0 Å². The number of fused-ring (bicyclic) bond motifs is 2. The maximum absolute atomic E-state index is 9.81. The third-order valence-electron chi connectivity index (χ3n) is 5.59. The van der Waals surface area contributed by atoms with Gasteiger partial charge in [-0.2, -0.15) is 5.26 Å². The fraction of sp³-hybridized carbons (Fsp3) is 0.400. The maximum atomic E-state index is 9.81. The van der Waals surface area contributed by atoms with E-state index in [0.717, 1.165) is 59.8 Å². The molecular weight excluding hydrogens is 328 g/mol. The van der Waals surface area contributed by atoms with Gasteiger partial charge in [-0.15, -0.1) is 0 Å². The van der Waals surface area contributed by atoms with Crippen LogP contribution in [-0.2, 0) is 0 Å². The lowest BCUT2D eigenvalue weighted by atomic mass is 9.82. The van der Waals surface area contributed by atoms with Crippen LogP contribution >= 0.6 is 0 Å². The van der Waals surface area contributed by atoms with E-state index in [2.05, 4.69) is 16.0 Å². The number of hydrogen-bond acceptors (Lipinski definition) is 6. The summed E-state index contributed by atoms with van der Waals surface area (Å²) in [5.41, 5.74) is 11.3. The predicted molar refractivity (Wildman–Crippen MR) is 101 cm³/mol. The Bertz CT molecular complexity index is 925. The molecule has 5 rings (SSSR count). The molecule has 0 atom stereocenters. The van der Waals surface area contributed by atoms with E-state index in [1.165, 1.54) is 0 Å². The van der Waals surface area contributed by atoms with Gasteiger partial charge in [0, 0.05) is 35.7 Å². The number of methoxy groups -OCH3 is 2. The topological polar surface area (TPSA) is 84.4 Å². The van der Waals surface area contributed by atoms with Gasteiger partial charge in [0.05, 0.1) is 25.6 Å². The lowest BCUT2D eigenvalue weighted by Crippen LogP contribution is -2.40. The van der Waals surface area contributed by atoms with Gasteiger partial charge in [-0.05, 0) is 31.9 Å². The van der Waals surface area contributed by atoms with Crippen LogP contribution in [0.5, 0.6) is 11.5 Å². The summed E-state index contributed by atoms with van der Waals surface area (Å²) in [4.78, 5) is 6.94. The van der Waals surface area contributed by atoms with Crippen LogP contribution < -0.4 is 20.1 Å². The first-order valence-corrected chi connectivity index (χ1v) is 8.81. The van der Waals surface area contributed by atoms with Crippen LogP contribution in [0.4, 0.5) is 11.5 Å². The highest BCUT2D eigenvalue weighted by atomic mass is 16.5. The highest BCUT2D eigenvalue weighted by Gasteiger charge is 2.37. The zero-order valence-electron chi connectivity index (χ0n) is 15.3. The number of ether oxygens (including phenoxy) is 2. The van der Waals surface area contributed by atoms with E-state index >= 15 is 0 Å². The Labute approximate surface area is 153 Å². The number of pyridine rings is 1. The predicted octanol–water partition coefficient (Wildman–Crippen LogP) is 3.23. The van der Waals surface area contributed by atoms with Crippen LogP contribution in [0.15, 0.2) is 12.1 Å². The van der Waals surface area contributed by atoms with Gasteiger partial charge in [-0.25, -0.2) is 4.98 Å². The van der Waals surface area contributed by atoms with Crippen molar-refractivity contribution < 1.29 is 9.47 Å². The van der Waals surface area contributed by atoms with Gasteiger partial charge in [-0.3, -0.25) is 0 Å². The first kappa shape index (κ1) is 16.5. The lowest BCUT2D eigenvalue weighted by Gasteiger charge is -2.43. The van der Waals surface area contributed by atoms with Crippen molar-refractivity contribution in [2.75, 3.05) is 37.9 Å². The van der Waals surface area contributed by atoms with E-state index < -0.39 is 0 Å². The molecule has 0 amide bonds. The van der Waals surface area contributed by atoms with Crippen molar-refractivity contribution in [3.8, 4) is 28.7 Å². The average Bonchev–Trinajstić information content (AvgIpc) is 2.67. The molecule has 1 aromatic heterocycles. The number of hydrogen-bond donors (Lipinski definition) is 1. The Morgan fingerprint density at radius 3 is 2.58 bits per heavy atom. The van der Waals surface area contributed by atoms with Gasteiger partial charge in [0.15, 0.2) is 0 Å². The lowest BCUT2D eigenvalue weighted by molar-refractivity contribution is 0.390. The second kappa shape index (κ2) is 6.10. The molecule has 6 nitrogen and oxygen atoms in total. The smallest absolute Gasteiger partial charge is 0.142 e. The molecular formula is C20H22N4O2. The molecule has 0 aliphatic carbocycles. The van der Waals surface area contributed by atoms with Gasteiger partial charge < -0.3 is 20.1 Å². The first-order chi connectivity index (χ1) is 12.6. The molecule has 2 N–H and O–H groups in total. The average molecular weight is 350 g/mol. The van der Waals surface area contributed by atoms with E-state index in [1.807, 2.05) is 19.1 Å². The summed E-state index contributed by atoms with van der Waals surface area (Å²) < 4.78 is 11.1. The molecule has 3 aliphatic rings. The summed E-state index contributed by atoms with van der Waals surface area (Å²) in [5.74, 6) is 2.16. The Kier molecular flexibility index (Phi) is 3.87. The van der Waals surface area contributed by atoms with E-state index in [9.17, 15) is 5.26 Å². The zero-order chi connectivity index (χ0) is 18.4. The molecule has 0 unspecified atom stereocenters. The van der Waals surface area contributed by atoms with Gasteiger partial charge in [0.2, 0.25) is 0 Å². The fourth-order valence-electron chi connectivity index (χ4n) is 4.32. The van der Waals surface area contributed by atoms with Crippen LogP contribution in [0.2, 0.25) is 0 Å². The van der Waals surface area contributed by atoms with E-state index in [4.69, 9.17) is 15.2 Å². The second-order valence-electron chi connectivity index (χ2n) is 6.83. The molecule has 26 heavy (non-hydrogen) atoms. The third-order valence-corrected chi connectivity index (χ3v) is 5.59. The summed E-state index contributed by atoms with van der Waals surface area (Å²) >= 11 is 0. The van der Waals surface area contributed by atoms with Gasteiger partial charge in [0.1, 0.15) is 28.9 Å². The number of nitrogen functional groups attached to an aromatic ring is 1. The quantitative estimate of drug-likeness (QED) is 0.915. The Morgan fingerprint density at radius 1 is 1.23 bits per heavy atom. The Hall–Kier alpha value is -2.94. The molecule has 3 aliphatic heterocycles. The standard InChI is InChI=1S/C20H22N4O2/c1-11-15(25-2)5-4-13(19(11)26-3)16-14(10-21)20(22)23-17-12-6-8-24(9-7-12)18(16)17/h4-5,12H,6-9H2,1-3H3,(H2,22,23). The second-order valence-corrected chi connectivity index (χ2v) is 6.83. The van der Waals surface area contributed by atoms with Crippen molar-refractivity contribution >= 4 is 11.5 Å². The van der Waals surface area contributed by atoms with Crippen LogP contribution in [0.1, 0.15) is 35.6 Å². The number of anilines is 2. The van der Waals surface area contributed by atoms with Crippen molar-refractivity contribution in [1.29, 1.82) is 5.26 Å². The van der Waals surface area contributed by atoms with Crippen LogP contribution in [0.25, 0.3) is 11.1 Å². The van der Waals surface area contributed by atoms with E-state index in [0.29, 0.717) is 23.0 Å². The number of nitriles is 1. The summed E-state index contributed by atoms with van der Waals surface area (Å²) in [6.07, 6.45) is 2.17. The number of nitrogens with two attached hydrogens (primary N) is 1. The number of benzene rings is 1. The minimum absolute atomic E-state index is 0.297. The number of piperidine rings is 1. The highest BCUT2D eigenvalue weighted by molar-refractivity contribution is 5.92. The van der Waals surface area contributed by atoms with Crippen LogP contribution in [0, 0.1) is 18.3 Å². The van der Waals surface area contributed by atoms with Gasteiger partial charge in [-0.1, -0.05) is 0 Å². The molecule has 0 saturated carbocycles. The SMILES string of the molecule is COc1ccc(-c2c(C#N)c(N)nc3c2N2CCC3CC2)c(OC)c1C. The molecule has 6 heteroatoms. The van der Waals surface area contributed by atoms with E-state index in [1.54, 1.807) is 14.2 Å². The summed E-state index contributed by atoms with van der Waals surface area (Å²) in [7, 11) is 3.28. The first-order valence-electron chi connectivity index (χ1n) is 8.81. The van der Waals surface area contributed by atoms with Crippen molar-refractivity contribution in [3.05, 3.63) is 29.0 Å². The fourth-order valence-corrected chi connectivity index (χ4v) is 4.32. The zero-order valence-corrected chi connectivity index (χ0v) is 15.3. The molecule has 0 spiro atoms.